The van der Waals surface area contributed by atoms with Crippen LogP contribution in [0.3, 0.4) is 0 Å². The summed E-state index contributed by atoms with van der Waals surface area (Å²) in [6, 6.07) is 8.08. The lowest BCUT2D eigenvalue weighted by Gasteiger charge is -2.24. The third-order valence-corrected chi connectivity index (χ3v) is 4.80. The third kappa shape index (κ3) is 4.15. The summed E-state index contributed by atoms with van der Waals surface area (Å²) in [6.45, 7) is 5.38. The van der Waals surface area contributed by atoms with E-state index in [1.165, 1.54) is 5.56 Å². The molecule has 1 atom stereocenters. The van der Waals surface area contributed by atoms with E-state index in [9.17, 15) is 9.59 Å². The number of carbonyl (C=O) groups excluding carboxylic acids is 2. The number of aryl methyl sites for hydroxylation is 1. The fourth-order valence-corrected chi connectivity index (χ4v) is 3.47. The second kappa shape index (κ2) is 7.79. The normalized spacial score (nSPS) is 21.6. The zero-order valence-corrected chi connectivity index (χ0v) is 14.4. The smallest absolute Gasteiger partial charge is 0.251 e. The number of carbonyl (C=O) groups is 2. The predicted octanol–water partition coefficient (Wildman–Crippen LogP) is 1.78. The molecule has 0 saturated carbocycles. The van der Waals surface area contributed by atoms with Crippen LogP contribution in [0.15, 0.2) is 24.3 Å². The summed E-state index contributed by atoms with van der Waals surface area (Å²) in [5, 5.41) is 0. The van der Waals surface area contributed by atoms with Crippen molar-refractivity contribution in [2.45, 2.75) is 38.7 Å². The molecule has 2 amide bonds. The molecule has 1 unspecified atom stereocenters. The van der Waals surface area contributed by atoms with Gasteiger partial charge in [-0.25, -0.2) is 0 Å². The Morgan fingerprint density at radius 2 is 1.92 bits per heavy atom. The van der Waals surface area contributed by atoms with Gasteiger partial charge < -0.3 is 14.5 Å². The number of benzene rings is 1. The predicted molar refractivity (Wildman–Crippen MR) is 91.6 cm³/mol. The van der Waals surface area contributed by atoms with Crippen molar-refractivity contribution in [1.82, 2.24) is 9.80 Å². The van der Waals surface area contributed by atoms with Crippen molar-refractivity contribution in [2.24, 2.45) is 0 Å². The van der Waals surface area contributed by atoms with Gasteiger partial charge in [0, 0.05) is 32.8 Å². The standard InChI is InChI=1S/C19H26N2O3/c1-15-5-2-6-16(13-15)14-18(22)20-8-4-9-21(11-10-20)19(23)17-7-3-12-24-17/h2,5-6,13,17H,3-4,7-12,14H2,1H3. The first-order valence-corrected chi connectivity index (χ1v) is 8.87. The molecule has 0 bridgehead atoms. The fraction of sp³-hybridized carbons (Fsp3) is 0.579. The Bertz CT molecular complexity index is 596. The first-order chi connectivity index (χ1) is 11.6. The molecule has 0 radical (unpaired) electrons. The van der Waals surface area contributed by atoms with Crippen LogP contribution in [-0.4, -0.2) is 60.5 Å². The van der Waals surface area contributed by atoms with E-state index >= 15 is 0 Å². The lowest BCUT2D eigenvalue weighted by molar-refractivity contribution is -0.141. The second-order valence-corrected chi connectivity index (χ2v) is 6.73. The Labute approximate surface area is 143 Å². The molecule has 5 nitrogen and oxygen atoms in total. The maximum atomic E-state index is 12.6. The van der Waals surface area contributed by atoms with Gasteiger partial charge in [-0.15, -0.1) is 0 Å². The lowest BCUT2D eigenvalue weighted by Crippen LogP contribution is -2.42. The molecule has 0 aromatic heterocycles. The average molecular weight is 330 g/mol. The average Bonchev–Trinajstić information content (AvgIpc) is 2.98. The van der Waals surface area contributed by atoms with Gasteiger partial charge in [-0.05, 0) is 31.7 Å². The Balaban J connectivity index is 1.54. The summed E-state index contributed by atoms with van der Waals surface area (Å²) in [6.07, 6.45) is 2.79. The highest BCUT2D eigenvalue weighted by molar-refractivity contribution is 5.82. The van der Waals surface area contributed by atoms with Crippen LogP contribution in [0.4, 0.5) is 0 Å². The molecule has 0 spiro atoms. The molecule has 2 aliphatic heterocycles. The van der Waals surface area contributed by atoms with Crippen LogP contribution in [-0.2, 0) is 20.7 Å². The van der Waals surface area contributed by atoms with Crippen molar-refractivity contribution in [2.75, 3.05) is 32.8 Å². The van der Waals surface area contributed by atoms with E-state index in [0.717, 1.165) is 31.4 Å². The van der Waals surface area contributed by atoms with E-state index in [0.29, 0.717) is 32.7 Å². The molecule has 3 rings (SSSR count). The van der Waals surface area contributed by atoms with E-state index < -0.39 is 0 Å². The van der Waals surface area contributed by atoms with Gasteiger partial charge in [0.1, 0.15) is 6.10 Å². The monoisotopic (exact) mass is 330 g/mol. The van der Waals surface area contributed by atoms with Crippen LogP contribution in [0.25, 0.3) is 0 Å². The van der Waals surface area contributed by atoms with Crippen molar-refractivity contribution < 1.29 is 14.3 Å². The van der Waals surface area contributed by atoms with Crippen molar-refractivity contribution in [3.05, 3.63) is 35.4 Å². The van der Waals surface area contributed by atoms with Crippen molar-refractivity contribution in [1.29, 1.82) is 0 Å². The Morgan fingerprint density at radius 1 is 1.12 bits per heavy atom. The number of rotatable bonds is 3. The van der Waals surface area contributed by atoms with E-state index in [1.807, 2.05) is 34.9 Å². The lowest BCUT2D eigenvalue weighted by atomic mass is 10.1. The highest BCUT2D eigenvalue weighted by Crippen LogP contribution is 2.16. The van der Waals surface area contributed by atoms with Crippen LogP contribution in [0, 0.1) is 6.92 Å². The van der Waals surface area contributed by atoms with Gasteiger partial charge >= 0.3 is 0 Å². The zero-order valence-electron chi connectivity index (χ0n) is 14.4. The van der Waals surface area contributed by atoms with E-state index in [2.05, 4.69) is 6.07 Å². The van der Waals surface area contributed by atoms with Gasteiger partial charge in [0.25, 0.3) is 5.91 Å². The summed E-state index contributed by atoms with van der Waals surface area (Å²) < 4.78 is 5.50. The Hall–Kier alpha value is -1.88. The van der Waals surface area contributed by atoms with Crippen LogP contribution >= 0.6 is 0 Å². The fourth-order valence-electron chi connectivity index (χ4n) is 3.47. The van der Waals surface area contributed by atoms with E-state index in [4.69, 9.17) is 4.74 Å². The van der Waals surface area contributed by atoms with Gasteiger partial charge in [-0.1, -0.05) is 29.8 Å². The van der Waals surface area contributed by atoms with Crippen LogP contribution in [0.1, 0.15) is 30.4 Å². The Morgan fingerprint density at radius 3 is 2.67 bits per heavy atom. The molecule has 1 aromatic carbocycles. The summed E-state index contributed by atoms with van der Waals surface area (Å²) in [5.41, 5.74) is 2.22. The number of hydrogen-bond donors (Lipinski definition) is 0. The molecular weight excluding hydrogens is 304 g/mol. The van der Waals surface area contributed by atoms with Gasteiger partial charge in [0.15, 0.2) is 0 Å². The van der Waals surface area contributed by atoms with Gasteiger partial charge in [-0.3, -0.25) is 9.59 Å². The maximum absolute atomic E-state index is 12.6. The molecule has 2 saturated heterocycles. The minimum atomic E-state index is -0.264. The van der Waals surface area contributed by atoms with Crippen molar-refractivity contribution in [3.8, 4) is 0 Å². The SMILES string of the molecule is Cc1cccc(CC(=O)N2CCCN(C(=O)C3CCCO3)CC2)c1. The molecule has 2 heterocycles. The molecule has 5 heteroatoms. The van der Waals surface area contributed by atoms with Crippen LogP contribution < -0.4 is 0 Å². The van der Waals surface area contributed by atoms with Crippen LogP contribution in [0.5, 0.6) is 0 Å². The second-order valence-electron chi connectivity index (χ2n) is 6.73. The van der Waals surface area contributed by atoms with Gasteiger partial charge in [0.05, 0.1) is 6.42 Å². The van der Waals surface area contributed by atoms with Crippen LogP contribution in [0.2, 0.25) is 0 Å². The minimum Gasteiger partial charge on any atom is -0.368 e. The number of ether oxygens (including phenoxy) is 1. The number of nitrogens with zero attached hydrogens (tertiary/aromatic N) is 2. The first kappa shape index (κ1) is 17.0. The quantitative estimate of drug-likeness (QED) is 0.849. The first-order valence-electron chi connectivity index (χ1n) is 8.87. The van der Waals surface area contributed by atoms with E-state index in [1.54, 1.807) is 0 Å². The van der Waals surface area contributed by atoms with Gasteiger partial charge in [0.2, 0.25) is 5.91 Å². The molecule has 130 valence electrons. The molecule has 2 fully saturated rings. The van der Waals surface area contributed by atoms with Crippen molar-refractivity contribution in [3.63, 3.8) is 0 Å². The zero-order chi connectivity index (χ0) is 16.9. The highest BCUT2D eigenvalue weighted by atomic mass is 16.5. The number of hydrogen-bond acceptors (Lipinski definition) is 3. The molecular formula is C19H26N2O3. The summed E-state index contributed by atoms with van der Waals surface area (Å²) >= 11 is 0. The summed E-state index contributed by atoms with van der Waals surface area (Å²) in [7, 11) is 0. The number of amides is 2. The molecule has 2 aliphatic rings. The minimum absolute atomic E-state index is 0.0977. The largest absolute Gasteiger partial charge is 0.368 e. The topological polar surface area (TPSA) is 49.9 Å². The molecule has 0 aliphatic carbocycles. The third-order valence-electron chi connectivity index (χ3n) is 4.80. The summed E-state index contributed by atoms with van der Waals surface area (Å²) in [5.74, 6) is 0.243. The maximum Gasteiger partial charge on any atom is 0.251 e. The van der Waals surface area contributed by atoms with Gasteiger partial charge in [-0.2, -0.15) is 0 Å². The molecule has 24 heavy (non-hydrogen) atoms. The molecule has 1 aromatic rings. The molecule has 0 N–H and O–H groups in total. The van der Waals surface area contributed by atoms with E-state index in [-0.39, 0.29) is 17.9 Å². The highest BCUT2D eigenvalue weighted by Gasteiger charge is 2.30. The van der Waals surface area contributed by atoms with Crippen molar-refractivity contribution >= 4 is 11.8 Å². The Kier molecular flexibility index (Phi) is 5.51. The summed E-state index contributed by atoms with van der Waals surface area (Å²) in [4.78, 5) is 28.8.